The first kappa shape index (κ1) is 48.3. The highest BCUT2D eigenvalue weighted by molar-refractivity contribution is 7.90. The third kappa shape index (κ3) is 14.3. The van der Waals surface area contributed by atoms with E-state index in [0.717, 1.165) is 43.4 Å². The Morgan fingerprint density at radius 1 is 1.03 bits per heavy atom. The third-order valence-electron chi connectivity index (χ3n) is 7.83. The number of nitrogens with two attached hydrogens (primary N) is 1. The monoisotopic (exact) mass is 901 g/mol. The number of nitro groups is 1. The number of carbonyl (C=O) groups is 2. The number of carbonyl (C=O) groups excluding carboxylic acids is 1. The summed E-state index contributed by atoms with van der Waals surface area (Å²) in [6.07, 6.45) is -5.66. The van der Waals surface area contributed by atoms with Crippen LogP contribution < -0.4 is 15.2 Å². The van der Waals surface area contributed by atoms with Crippen LogP contribution in [0.15, 0.2) is 70.2 Å². The van der Waals surface area contributed by atoms with Crippen molar-refractivity contribution in [3.05, 3.63) is 104 Å². The van der Waals surface area contributed by atoms with Crippen molar-refractivity contribution in [1.29, 1.82) is 0 Å². The molecule has 2 atom stereocenters. The van der Waals surface area contributed by atoms with Crippen molar-refractivity contribution >= 4 is 46.2 Å². The molecular formula is C35H35ClF6N3O12PS. The van der Waals surface area contributed by atoms with Gasteiger partial charge in [0.25, 0.3) is 0 Å². The molecule has 1 aliphatic rings. The summed E-state index contributed by atoms with van der Waals surface area (Å²) in [5.74, 6) is -1.35. The van der Waals surface area contributed by atoms with Crippen molar-refractivity contribution in [2.75, 3.05) is 25.7 Å². The van der Waals surface area contributed by atoms with Gasteiger partial charge in [-0.15, -0.1) is 0 Å². The molecule has 1 heterocycles. The van der Waals surface area contributed by atoms with Crippen LogP contribution in [-0.4, -0.2) is 72.0 Å². The summed E-state index contributed by atoms with van der Waals surface area (Å²) in [6.45, 7) is 3.04. The number of ether oxygens (including phenoxy) is 2. The Labute approximate surface area is 336 Å². The van der Waals surface area contributed by atoms with Crippen molar-refractivity contribution in [2.24, 2.45) is 5.73 Å². The van der Waals surface area contributed by atoms with Gasteiger partial charge in [0.15, 0.2) is 28.7 Å². The molecule has 24 heteroatoms. The normalized spacial score (nSPS) is 14.4. The molecule has 1 fully saturated rings. The fourth-order valence-electron chi connectivity index (χ4n) is 4.77. The molecule has 0 saturated heterocycles. The molecule has 0 amide bonds. The van der Waals surface area contributed by atoms with Crippen molar-refractivity contribution in [2.45, 2.75) is 55.4 Å². The van der Waals surface area contributed by atoms with E-state index in [1.54, 1.807) is 6.92 Å². The number of hydrogen-bond acceptors (Lipinski definition) is 12. The van der Waals surface area contributed by atoms with E-state index in [9.17, 15) is 59.0 Å². The number of alkyl halides is 6. The number of benzene rings is 3. The van der Waals surface area contributed by atoms with Crippen LogP contribution in [0, 0.1) is 10.1 Å². The molecule has 0 spiro atoms. The van der Waals surface area contributed by atoms with Crippen LogP contribution in [0.5, 0.6) is 17.2 Å². The van der Waals surface area contributed by atoms with Gasteiger partial charge in [0.1, 0.15) is 17.5 Å². The second-order valence-electron chi connectivity index (χ2n) is 12.8. The zero-order chi connectivity index (χ0) is 44.7. The lowest BCUT2D eigenvalue weighted by atomic mass is 10.0. The lowest BCUT2D eigenvalue weighted by Gasteiger charge is -2.12. The maximum atomic E-state index is 12.8. The number of ketones is 1. The summed E-state index contributed by atoms with van der Waals surface area (Å²) in [5.41, 5.74) is 2.57. The Hall–Kier alpha value is -5.02. The molecule has 1 aromatic heterocycles. The van der Waals surface area contributed by atoms with E-state index < -0.39 is 68.3 Å². The number of sulfone groups is 1. The molecule has 0 aliphatic heterocycles. The number of carboxylic acids is 1. The highest BCUT2D eigenvalue weighted by Crippen LogP contribution is 2.43. The molecule has 4 N–H and O–H groups in total. The van der Waals surface area contributed by atoms with Gasteiger partial charge in [-0.05, 0) is 68.7 Å². The van der Waals surface area contributed by atoms with Gasteiger partial charge in [0.2, 0.25) is 5.75 Å². The number of rotatable bonds is 13. The highest BCUT2D eigenvalue weighted by atomic mass is 35.5. The summed E-state index contributed by atoms with van der Waals surface area (Å²) in [7, 11) is -7.14. The van der Waals surface area contributed by atoms with Crippen LogP contribution >= 0.6 is 19.0 Å². The first-order chi connectivity index (χ1) is 27.1. The molecule has 5 rings (SSSR count). The van der Waals surface area contributed by atoms with Crippen molar-refractivity contribution in [1.82, 2.24) is 5.16 Å². The standard InChI is InChI=1S/C15H11ClF3NO4.C15H12F3NO4S.C5H12NO4P/c1-2-23-14-8-10(4-5-12(14)20(21)22)24-13-6-3-9(7-11(13)16)15(17,18)19;1-24(21,22)12-6-9(15(16,17)18)4-5-10(12)13(20)11-7-19-23-14(11)8-2-3-8;1-11(9,10)3-2-4(6)5(7)8/h3-8H,2H2,1H3;4-8H,2-3H2,1H3;4H,2-3,6H2,1H3,(H,7,8)(H,9,10). The summed E-state index contributed by atoms with van der Waals surface area (Å²) in [5, 5.41) is 22.5. The number of nitro benzene ring substituents is 1. The Bertz CT molecular complexity index is 2330. The molecule has 2 unspecified atom stereocenters. The number of hydrogen-bond donors (Lipinski definition) is 3. The van der Waals surface area contributed by atoms with Crippen molar-refractivity contribution < 1.29 is 77.8 Å². The fourth-order valence-corrected chi connectivity index (χ4v) is 6.64. The van der Waals surface area contributed by atoms with Crippen LogP contribution in [0.2, 0.25) is 5.02 Å². The minimum absolute atomic E-state index is 0.0111. The number of aromatic nitrogens is 1. The molecule has 322 valence electrons. The minimum Gasteiger partial charge on any atom is -0.487 e. The van der Waals surface area contributed by atoms with Crippen LogP contribution in [0.1, 0.15) is 64.9 Å². The number of nitrogens with zero attached hydrogens (tertiary/aromatic N) is 2. The predicted molar refractivity (Wildman–Crippen MR) is 198 cm³/mol. The van der Waals surface area contributed by atoms with Gasteiger partial charge in [-0.2, -0.15) is 26.3 Å². The largest absolute Gasteiger partial charge is 0.487 e. The average Bonchev–Trinajstić information content (AvgIpc) is 3.85. The zero-order valence-corrected chi connectivity index (χ0v) is 33.4. The quantitative estimate of drug-likeness (QED) is 0.0376. The van der Waals surface area contributed by atoms with Crippen LogP contribution in [-0.2, 0) is 31.5 Å². The molecule has 0 bridgehead atoms. The van der Waals surface area contributed by atoms with Gasteiger partial charge in [-0.3, -0.25) is 24.3 Å². The topological polar surface area (TPSA) is 239 Å². The van der Waals surface area contributed by atoms with E-state index in [1.807, 2.05) is 0 Å². The maximum absolute atomic E-state index is 12.8. The first-order valence-electron chi connectivity index (χ1n) is 16.8. The van der Waals surface area contributed by atoms with Gasteiger partial charge in [0.05, 0.1) is 44.3 Å². The smallest absolute Gasteiger partial charge is 0.416 e. The lowest BCUT2D eigenvalue weighted by Crippen LogP contribution is -2.30. The van der Waals surface area contributed by atoms with Crippen molar-refractivity contribution in [3.8, 4) is 17.2 Å². The molecule has 1 aliphatic carbocycles. The second kappa shape index (κ2) is 19.4. The summed E-state index contributed by atoms with van der Waals surface area (Å²) in [6, 6.07) is 7.41. The van der Waals surface area contributed by atoms with E-state index in [2.05, 4.69) is 5.16 Å². The van der Waals surface area contributed by atoms with Crippen LogP contribution in [0.3, 0.4) is 0 Å². The Morgan fingerprint density at radius 3 is 2.12 bits per heavy atom. The molecular weight excluding hydrogens is 867 g/mol. The number of aliphatic carboxylic acids is 1. The SMILES string of the molecule is CCOc1cc(Oc2ccc(C(F)(F)F)cc2Cl)ccc1[N+](=O)[O-].CP(=O)(O)CCC(N)C(=O)O.CS(=O)(=O)c1cc(C(F)(F)F)ccc1C(=O)c1cnoc1C1CC1. The molecule has 0 radical (unpaired) electrons. The van der Waals surface area contributed by atoms with Crippen LogP contribution in [0.25, 0.3) is 0 Å². The van der Waals surface area contributed by atoms with E-state index in [-0.39, 0.29) is 64.2 Å². The zero-order valence-electron chi connectivity index (χ0n) is 30.9. The molecule has 4 aromatic rings. The van der Waals surface area contributed by atoms with E-state index in [0.29, 0.717) is 17.9 Å². The molecule has 59 heavy (non-hydrogen) atoms. The van der Waals surface area contributed by atoms with E-state index >= 15 is 0 Å². The van der Waals surface area contributed by atoms with Gasteiger partial charge < -0.3 is 29.7 Å². The summed E-state index contributed by atoms with van der Waals surface area (Å²) < 4.78 is 126. The summed E-state index contributed by atoms with van der Waals surface area (Å²) in [4.78, 5) is 41.2. The summed E-state index contributed by atoms with van der Waals surface area (Å²) >= 11 is 5.80. The number of carboxylic acid groups (broad SMARTS) is 1. The third-order valence-corrected chi connectivity index (χ3v) is 10.4. The highest BCUT2D eigenvalue weighted by Gasteiger charge is 2.36. The Balaban J connectivity index is 0.000000254. The molecule has 15 nitrogen and oxygen atoms in total. The van der Waals surface area contributed by atoms with Gasteiger partial charge in [-0.1, -0.05) is 16.8 Å². The van der Waals surface area contributed by atoms with Gasteiger partial charge >= 0.3 is 24.0 Å². The lowest BCUT2D eigenvalue weighted by molar-refractivity contribution is -0.385. The molecule has 3 aromatic carbocycles. The predicted octanol–water partition coefficient (Wildman–Crippen LogP) is 8.35. The van der Waals surface area contributed by atoms with Crippen LogP contribution in [0.4, 0.5) is 32.0 Å². The molecule has 1 saturated carbocycles. The van der Waals surface area contributed by atoms with E-state index in [4.69, 9.17) is 41.3 Å². The minimum atomic E-state index is -4.71. The Kier molecular flexibility index (Phi) is 15.9. The fraction of sp³-hybridized carbons (Fsp3) is 0.343. The van der Waals surface area contributed by atoms with Gasteiger partial charge in [0, 0.05) is 42.7 Å². The van der Waals surface area contributed by atoms with Crippen molar-refractivity contribution in [3.63, 3.8) is 0 Å². The second-order valence-corrected chi connectivity index (χ2v) is 17.7. The maximum Gasteiger partial charge on any atom is 0.416 e. The average molecular weight is 902 g/mol. The van der Waals surface area contributed by atoms with Gasteiger partial charge in [-0.25, -0.2) is 8.42 Å². The number of halogens is 7. The Morgan fingerprint density at radius 2 is 1.63 bits per heavy atom. The first-order valence-corrected chi connectivity index (χ1v) is 21.3. The van der Waals surface area contributed by atoms with E-state index in [1.165, 1.54) is 31.1 Å².